The third-order valence-electron chi connectivity index (χ3n) is 3.14. The van der Waals surface area contributed by atoms with Crippen molar-refractivity contribution in [2.75, 3.05) is 16.5 Å². The van der Waals surface area contributed by atoms with Crippen molar-refractivity contribution in [3.63, 3.8) is 0 Å². The number of aldehydes is 1. The molecule has 0 saturated heterocycles. The predicted octanol–water partition coefficient (Wildman–Crippen LogP) is 4.21. The number of hydrogen-bond donors (Lipinski definition) is 0. The summed E-state index contributed by atoms with van der Waals surface area (Å²) in [5, 5.41) is 7.57. The third-order valence-corrected chi connectivity index (χ3v) is 3.95. The van der Waals surface area contributed by atoms with Gasteiger partial charge in [0, 0.05) is 12.4 Å². The minimum atomic E-state index is 0.431. The Labute approximate surface area is 146 Å². The molecule has 0 unspecified atom stereocenters. The summed E-state index contributed by atoms with van der Waals surface area (Å²) in [6.07, 6.45) is 0.887. The number of nitrogens with zero attached hydrogens (tertiary/aromatic N) is 3. The zero-order chi connectivity index (χ0) is 17.2. The first-order valence-corrected chi connectivity index (χ1v) is 8.52. The van der Waals surface area contributed by atoms with Crippen LogP contribution in [0.1, 0.15) is 6.92 Å². The number of thioether (sulfide) groups is 1. The lowest BCUT2D eigenvalue weighted by molar-refractivity contribution is -0.105. The number of para-hydroxylation sites is 1. The van der Waals surface area contributed by atoms with Crippen LogP contribution in [0.5, 0.6) is 11.5 Å². The maximum absolute atomic E-state index is 10.5. The SMILES string of the molecule is C=N/N=C(/C)N(CSCC=O)c1ccc(Oc2ccccc2)cc1. The molecule has 0 N–H and O–H groups in total. The van der Waals surface area contributed by atoms with Crippen LogP contribution in [0.2, 0.25) is 0 Å². The molecule has 2 rings (SSSR count). The maximum Gasteiger partial charge on any atom is 0.129 e. The van der Waals surface area contributed by atoms with E-state index in [2.05, 4.69) is 16.9 Å². The van der Waals surface area contributed by atoms with E-state index in [1.165, 1.54) is 11.8 Å². The van der Waals surface area contributed by atoms with Crippen LogP contribution in [0, 0.1) is 0 Å². The number of rotatable bonds is 8. The number of hydrogen-bond acceptors (Lipinski definition) is 5. The lowest BCUT2D eigenvalue weighted by Crippen LogP contribution is -2.28. The molecule has 0 spiro atoms. The summed E-state index contributed by atoms with van der Waals surface area (Å²) in [6.45, 7) is 5.24. The first-order valence-electron chi connectivity index (χ1n) is 7.36. The minimum absolute atomic E-state index is 0.431. The molecule has 0 bridgehead atoms. The molecule has 0 aliphatic carbocycles. The topological polar surface area (TPSA) is 54.3 Å². The van der Waals surface area contributed by atoms with E-state index < -0.39 is 0 Å². The molecule has 2 aromatic carbocycles. The molecule has 6 heteroatoms. The van der Waals surface area contributed by atoms with E-state index in [4.69, 9.17) is 4.74 Å². The summed E-state index contributed by atoms with van der Waals surface area (Å²) in [6, 6.07) is 17.3. The molecule has 0 aliphatic heterocycles. The van der Waals surface area contributed by atoms with Gasteiger partial charge in [-0.2, -0.15) is 5.10 Å². The summed E-state index contributed by atoms with van der Waals surface area (Å²) in [5.74, 6) is 3.28. The Morgan fingerprint density at radius 2 is 1.83 bits per heavy atom. The smallest absolute Gasteiger partial charge is 0.129 e. The lowest BCUT2D eigenvalue weighted by Gasteiger charge is -2.23. The highest BCUT2D eigenvalue weighted by atomic mass is 32.2. The Hall–Kier alpha value is -2.60. The van der Waals surface area contributed by atoms with Crippen LogP contribution in [0.4, 0.5) is 5.69 Å². The van der Waals surface area contributed by atoms with Crippen molar-refractivity contribution in [1.82, 2.24) is 0 Å². The van der Waals surface area contributed by atoms with Crippen molar-refractivity contribution >= 4 is 36.3 Å². The Morgan fingerprint density at radius 1 is 1.17 bits per heavy atom. The van der Waals surface area contributed by atoms with Gasteiger partial charge in [-0.1, -0.05) is 18.2 Å². The number of ether oxygens (including phenoxy) is 1. The van der Waals surface area contributed by atoms with Gasteiger partial charge in [-0.25, -0.2) is 0 Å². The van der Waals surface area contributed by atoms with E-state index in [9.17, 15) is 4.79 Å². The first kappa shape index (κ1) is 17.7. The zero-order valence-corrected chi connectivity index (χ0v) is 14.3. The predicted molar refractivity (Wildman–Crippen MR) is 101 cm³/mol. The van der Waals surface area contributed by atoms with Crippen LogP contribution in [0.25, 0.3) is 0 Å². The van der Waals surface area contributed by atoms with Crippen LogP contribution in [0.15, 0.2) is 64.8 Å². The van der Waals surface area contributed by atoms with Gasteiger partial charge in [0.1, 0.15) is 23.6 Å². The summed E-state index contributed by atoms with van der Waals surface area (Å²) in [4.78, 5) is 12.5. The maximum atomic E-state index is 10.5. The largest absolute Gasteiger partial charge is 0.457 e. The summed E-state index contributed by atoms with van der Waals surface area (Å²) in [7, 11) is 0. The molecular weight excluding hydrogens is 322 g/mol. The summed E-state index contributed by atoms with van der Waals surface area (Å²) < 4.78 is 5.79. The van der Waals surface area contributed by atoms with Gasteiger partial charge in [-0.05, 0) is 43.3 Å². The molecular formula is C18H19N3O2S. The second-order valence-electron chi connectivity index (χ2n) is 4.79. The molecule has 0 atom stereocenters. The van der Waals surface area contributed by atoms with Gasteiger partial charge in [0.05, 0.1) is 11.6 Å². The van der Waals surface area contributed by atoms with Crippen molar-refractivity contribution in [3.8, 4) is 11.5 Å². The van der Waals surface area contributed by atoms with Gasteiger partial charge < -0.3 is 14.4 Å². The van der Waals surface area contributed by atoms with Crippen LogP contribution in [-0.4, -0.2) is 30.5 Å². The Morgan fingerprint density at radius 3 is 2.46 bits per heavy atom. The molecule has 0 radical (unpaired) electrons. The fraction of sp³-hybridized carbons (Fsp3) is 0.167. The number of carbonyl (C=O) groups is 1. The quantitative estimate of drug-likeness (QED) is 0.180. The van der Waals surface area contributed by atoms with Gasteiger partial charge in [0.15, 0.2) is 0 Å². The number of carbonyl (C=O) groups excluding carboxylic acids is 1. The molecule has 0 aliphatic rings. The third kappa shape index (κ3) is 5.24. The summed E-state index contributed by atoms with van der Waals surface area (Å²) in [5.41, 5.74) is 0.943. The van der Waals surface area contributed by atoms with Gasteiger partial charge in [0.25, 0.3) is 0 Å². The van der Waals surface area contributed by atoms with Crippen molar-refractivity contribution in [1.29, 1.82) is 0 Å². The monoisotopic (exact) mass is 341 g/mol. The van der Waals surface area contributed by atoms with Crippen molar-refractivity contribution < 1.29 is 9.53 Å². The zero-order valence-electron chi connectivity index (χ0n) is 13.5. The minimum Gasteiger partial charge on any atom is -0.457 e. The number of anilines is 1. The fourth-order valence-corrected chi connectivity index (χ4v) is 2.74. The molecule has 24 heavy (non-hydrogen) atoms. The van der Waals surface area contributed by atoms with E-state index in [1.807, 2.05) is 66.4 Å². The van der Waals surface area contributed by atoms with Crippen LogP contribution < -0.4 is 9.64 Å². The van der Waals surface area contributed by atoms with E-state index >= 15 is 0 Å². The Balaban J connectivity index is 2.13. The van der Waals surface area contributed by atoms with E-state index in [1.54, 1.807) is 0 Å². The first-order chi connectivity index (χ1) is 11.7. The second-order valence-corrected chi connectivity index (χ2v) is 5.79. The average Bonchev–Trinajstić information content (AvgIpc) is 2.61. The highest BCUT2D eigenvalue weighted by Gasteiger charge is 2.10. The van der Waals surface area contributed by atoms with Gasteiger partial charge in [0.2, 0.25) is 0 Å². The van der Waals surface area contributed by atoms with Gasteiger partial charge in [-0.3, -0.25) is 0 Å². The highest BCUT2D eigenvalue weighted by Crippen LogP contribution is 2.25. The van der Waals surface area contributed by atoms with Gasteiger partial charge in [-0.15, -0.1) is 16.9 Å². The van der Waals surface area contributed by atoms with E-state index in [-0.39, 0.29) is 0 Å². The van der Waals surface area contributed by atoms with Gasteiger partial charge >= 0.3 is 0 Å². The lowest BCUT2D eigenvalue weighted by atomic mass is 10.2. The molecule has 0 saturated carbocycles. The molecule has 0 fully saturated rings. The van der Waals surface area contributed by atoms with Crippen molar-refractivity contribution in [2.45, 2.75) is 6.92 Å². The summed E-state index contributed by atoms with van der Waals surface area (Å²) >= 11 is 1.50. The van der Waals surface area contributed by atoms with E-state index in [0.29, 0.717) is 17.5 Å². The standard InChI is InChI=1S/C18H19N3O2S/c1-15(20-19-2)21(14-24-13-12-22)16-8-10-18(11-9-16)23-17-6-4-3-5-7-17/h3-12H,2,13-14H2,1H3/b20-15-. The Bertz CT molecular complexity index is 687. The van der Waals surface area contributed by atoms with Crippen LogP contribution in [0.3, 0.4) is 0 Å². The fourth-order valence-electron chi connectivity index (χ4n) is 2.02. The van der Waals surface area contributed by atoms with Crippen LogP contribution >= 0.6 is 11.8 Å². The second kappa shape index (κ2) is 9.52. The van der Waals surface area contributed by atoms with E-state index in [0.717, 1.165) is 23.5 Å². The Kier molecular flexibility index (Phi) is 7.04. The normalized spacial score (nSPS) is 11.0. The van der Waals surface area contributed by atoms with Crippen molar-refractivity contribution in [2.24, 2.45) is 10.2 Å². The molecule has 124 valence electrons. The number of benzene rings is 2. The van der Waals surface area contributed by atoms with Crippen molar-refractivity contribution in [3.05, 3.63) is 54.6 Å². The molecule has 2 aromatic rings. The molecule has 0 heterocycles. The average molecular weight is 341 g/mol. The number of amidine groups is 1. The highest BCUT2D eigenvalue weighted by molar-refractivity contribution is 7.99. The molecule has 0 amide bonds. The molecule has 5 nitrogen and oxygen atoms in total. The van der Waals surface area contributed by atoms with Crippen LogP contribution in [-0.2, 0) is 4.79 Å². The molecule has 0 aromatic heterocycles.